The van der Waals surface area contributed by atoms with Crippen LogP contribution in [0.1, 0.15) is 34.1 Å². The number of rotatable bonds is 2. The van der Waals surface area contributed by atoms with Gasteiger partial charge in [0.15, 0.2) is 0 Å². The number of nitrogens with zero attached hydrogens (tertiary/aromatic N) is 1. The predicted molar refractivity (Wildman–Crippen MR) is 69.5 cm³/mol. The predicted octanol–water partition coefficient (Wildman–Crippen LogP) is 2.11. The Balaban J connectivity index is 2.06. The number of esters is 1. The Morgan fingerprint density at radius 2 is 2.00 bits per heavy atom. The van der Waals surface area contributed by atoms with Crippen molar-refractivity contribution >= 4 is 12.1 Å². The molecular formula is C14H21NO4. The molecule has 2 bridgehead atoms. The van der Waals surface area contributed by atoms with E-state index in [1.165, 1.54) is 0 Å². The van der Waals surface area contributed by atoms with Gasteiger partial charge >= 0.3 is 12.1 Å². The molecule has 1 saturated heterocycles. The van der Waals surface area contributed by atoms with Crippen molar-refractivity contribution in [1.29, 1.82) is 0 Å². The van der Waals surface area contributed by atoms with Crippen molar-refractivity contribution in [2.24, 2.45) is 5.92 Å². The molecule has 0 aliphatic carbocycles. The van der Waals surface area contributed by atoms with Crippen LogP contribution in [0.3, 0.4) is 0 Å². The van der Waals surface area contributed by atoms with E-state index in [1.54, 1.807) is 11.8 Å². The molecule has 0 N–H and O–H groups in total. The molecule has 106 valence electrons. The summed E-state index contributed by atoms with van der Waals surface area (Å²) in [5, 5.41) is 0. The van der Waals surface area contributed by atoms with E-state index < -0.39 is 5.60 Å². The highest BCUT2D eigenvalue weighted by Gasteiger charge is 2.50. The summed E-state index contributed by atoms with van der Waals surface area (Å²) in [6, 6.07) is -0.270. The molecule has 2 aliphatic heterocycles. The highest BCUT2D eigenvalue weighted by atomic mass is 16.6. The van der Waals surface area contributed by atoms with Gasteiger partial charge in [-0.3, -0.25) is 9.69 Å². The molecule has 0 radical (unpaired) electrons. The van der Waals surface area contributed by atoms with E-state index in [1.807, 2.05) is 32.9 Å². The summed E-state index contributed by atoms with van der Waals surface area (Å²) in [5.74, 6) is -0.490. The summed E-state index contributed by atoms with van der Waals surface area (Å²) in [5.41, 5.74) is -0.529. The third-order valence-corrected chi connectivity index (χ3v) is 3.31. The zero-order valence-electron chi connectivity index (χ0n) is 11.9. The van der Waals surface area contributed by atoms with Crippen LogP contribution in [0.15, 0.2) is 12.2 Å². The second kappa shape index (κ2) is 4.87. The van der Waals surface area contributed by atoms with E-state index in [0.29, 0.717) is 13.0 Å². The summed E-state index contributed by atoms with van der Waals surface area (Å²) in [7, 11) is 0. The third-order valence-electron chi connectivity index (χ3n) is 3.31. The van der Waals surface area contributed by atoms with Crippen LogP contribution in [-0.2, 0) is 14.3 Å². The van der Waals surface area contributed by atoms with Crippen LogP contribution in [0, 0.1) is 5.92 Å². The van der Waals surface area contributed by atoms with Crippen LogP contribution in [0.4, 0.5) is 4.79 Å². The van der Waals surface area contributed by atoms with E-state index in [4.69, 9.17) is 9.47 Å². The average Bonchev–Trinajstić information content (AvgIpc) is 2.83. The number of carbonyl (C=O) groups is 2. The molecule has 0 saturated carbocycles. The molecule has 2 aliphatic rings. The second-order valence-electron chi connectivity index (χ2n) is 5.92. The quantitative estimate of drug-likeness (QED) is 0.568. The fourth-order valence-electron chi connectivity index (χ4n) is 2.63. The monoisotopic (exact) mass is 267 g/mol. The van der Waals surface area contributed by atoms with Gasteiger partial charge in [-0.25, -0.2) is 4.79 Å². The van der Waals surface area contributed by atoms with E-state index in [9.17, 15) is 9.59 Å². The fraction of sp³-hybridized carbons (Fsp3) is 0.714. The van der Waals surface area contributed by atoms with E-state index in [0.717, 1.165) is 0 Å². The lowest BCUT2D eigenvalue weighted by molar-refractivity contribution is -0.148. The number of ether oxygens (including phenoxy) is 2. The third kappa shape index (κ3) is 2.74. The summed E-state index contributed by atoms with van der Waals surface area (Å²) in [6.45, 7) is 7.65. The number of fused-ring (bicyclic) bond motifs is 2. The topological polar surface area (TPSA) is 55.8 Å². The van der Waals surface area contributed by atoms with Crippen molar-refractivity contribution in [2.45, 2.75) is 51.8 Å². The molecule has 0 aromatic rings. The van der Waals surface area contributed by atoms with Crippen molar-refractivity contribution in [2.75, 3.05) is 6.61 Å². The summed E-state index contributed by atoms with van der Waals surface area (Å²) in [4.78, 5) is 25.7. The van der Waals surface area contributed by atoms with Crippen molar-refractivity contribution in [3.63, 3.8) is 0 Å². The van der Waals surface area contributed by atoms with Gasteiger partial charge in [0, 0.05) is 0 Å². The van der Waals surface area contributed by atoms with Gasteiger partial charge in [-0.2, -0.15) is 0 Å². The average molecular weight is 267 g/mol. The zero-order chi connectivity index (χ0) is 14.2. The Bertz CT molecular complexity index is 410. The van der Waals surface area contributed by atoms with Crippen LogP contribution in [-0.4, -0.2) is 41.3 Å². The van der Waals surface area contributed by atoms with Gasteiger partial charge in [0.2, 0.25) is 0 Å². The van der Waals surface area contributed by atoms with Gasteiger partial charge in [-0.1, -0.05) is 12.2 Å². The summed E-state index contributed by atoms with van der Waals surface area (Å²) < 4.78 is 10.4. The fourth-order valence-corrected chi connectivity index (χ4v) is 2.63. The molecule has 0 aromatic heterocycles. The molecule has 1 amide bonds. The van der Waals surface area contributed by atoms with E-state index in [2.05, 4.69) is 0 Å². The number of hydrogen-bond donors (Lipinski definition) is 0. The maximum absolute atomic E-state index is 12.2. The number of amides is 1. The second-order valence-corrected chi connectivity index (χ2v) is 5.92. The summed E-state index contributed by atoms with van der Waals surface area (Å²) in [6.07, 6.45) is 4.13. The molecule has 0 aromatic carbocycles. The lowest BCUT2D eigenvalue weighted by atomic mass is 9.94. The Hall–Kier alpha value is -1.52. The smallest absolute Gasteiger partial charge is 0.411 e. The Morgan fingerprint density at radius 3 is 2.58 bits per heavy atom. The maximum Gasteiger partial charge on any atom is 0.411 e. The molecule has 3 unspecified atom stereocenters. The first-order chi connectivity index (χ1) is 8.83. The lowest BCUT2D eigenvalue weighted by Gasteiger charge is -2.28. The molecule has 2 rings (SSSR count). The summed E-state index contributed by atoms with van der Waals surface area (Å²) >= 11 is 0. The Labute approximate surface area is 113 Å². The van der Waals surface area contributed by atoms with Crippen LogP contribution in [0.25, 0.3) is 0 Å². The number of carbonyl (C=O) groups excluding carboxylic acids is 2. The van der Waals surface area contributed by atoms with E-state index in [-0.39, 0.29) is 30.1 Å². The van der Waals surface area contributed by atoms with Gasteiger partial charge in [-0.15, -0.1) is 0 Å². The number of hydrogen-bond acceptors (Lipinski definition) is 4. The highest BCUT2D eigenvalue weighted by Crippen LogP contribution is 2.38. The first-order valence-corrected chi connectivity index (χ1v) is 6.69. The molecule has 3 atom stereocenters. The van der Waals surface area contributed by atoms with Crippen LogP contribution in [0.2, 0.25) is 0 Å². The zero-order valence-corrected chi connectivity index (χ0v) is 11.9. The van der Waals surface area contributed by atoms with Crippen LogP contribution >= 0.6 is 0 Å². The minimum Gasteiger partial charge on any atom is -0.466 e. The lowest BCUT2D eigenvalue weighted by Crippen LogP contribution is -2.42. The van der Waals surface area contributed by atoms with Crippen molar-refractivity contribution in [3.8, 4) is 0 Å². The van der Waals surface area contributed by atoms with Crippen LogP contribution in [0.5, 0.6) is 0 Å². The van der Waals surface area contributed by atoms with Gasteiger partial charge in [0.1, 0.15) is 5.60 Å². The molecule has 5 heteroatoms. The molecule has 0 spiro atoms. The van der Waals surface area contributed by atoms with Crippen molar-refractivity contribution in [3.05, 3.63) is 12.2 Å². The maximum atomic E-state index is 12.2. The van der Waals surface area contributed by atoms with Gasteiger partial charge in [0.25, 0.3) is 0 Å². The minimum atomic E-state index is -0.529. The molecular weight excluding hydrogens is 246 g/mol. The molecule has 1 fully saturated rings. The van der Waals surface area contributed by atoms with Gasteiger partial charge in [0.05, 0.1) is 24.6 Å². The first kappa shape index (κ1) is 13.9. The molecule has 2 heterocycles. The van der Waals surface area contributed by atoms with Crippen molar-refractivity contribution < 1.29 is 19.1 Å². The normalized spacial score (nSPS) is 28.6. The van der Waals surface area contributed by atoms with Crippen LogP contribution < -0.4 is 0 Å². The highest BCUT2D eigenvalue weighted by molar-refractivity contribution is 5.79. The van der Waals surface area contributed by atoms with Gasteiger partial charge < -0.3 is 9.47 Å². The van der Waals surface area contributed by atoms with Gasteiger partial charge in [-0.05, 0) is 34.1 Å². The minimum absolute atomic E-state index is 0.0470. The molecule has 5 nitrogen and oxygen atoms in total. The Morgan fingerprint density at radius 1 is 1.32 bits per heavy atom. The standard InChI is InChI=1S/C14H21NO4/c1-5-18-12(16)10-8-9-6-7-11(10)15(9)13(17)19-14(2,3)4/h6-7,9-11H,5,8H2,1-4H3. The SMILES string of the molecule is CCOC(=O)C1CC2C=CC1N2C(=O)OC(C)(C)C. The first-order valence-electron chi connectivity index (χ1n) is 6.69. The van der Waals surface area contributed by atoms with Crippen molar-refractivity contribution in [1.82, 2.24) is 4.90 Å². The largest absolute Gasteiger partial charge is 0.466 e. The molecule has 19 heavy (non-hydrogen) atoms. The van der Waals surface area contributed by atoms with E-state index >= 15 is 0 Å². The Kier molecular flexibility index (Phi) is 3.56.